The molecule has 1 N–H and O–H groups in total. The average Bonchev–Trinajstić information content (AvgIpc) is 2.63. The first-order chi connectivity index (χ1) is 12.2. The lowest BCUT2D eigenvalue weighted by atomic mass is 9.67. The number of fused-ring (bicyclic) bond motifs is 1. The Hall–Kier alpha value is -1.35. The van der Waals surface area contributed by atoms with Crippen LogP contribution in [0, 0.1) is 11.8 Å². The summed E-state index contributed by atoms with van der Waals surface area (Å²) in [6.45, 7) is 3.43. The maximum Gasteiger partial charge on any atom is 0.0690 e. The first kappa shape index (κ1) is 19.4. The molecule has 0 bridgehead atoms. The summed E-state index contributed by atoms with van der Waals surface area (Å²) in [7, 11) is 0. The van der Waals surface area contributed by atoms with Gasteiger partial charge in [0.1, 0.15) is 0 Å². The van der Waals surface area contributed by atoms with E-state index in [1.807, 2.05) is 6.07 Å². The van der Waals surface area contributed by atoms with Crippen molar-refractivity contribution in [3.05, 3.63) is 71.8 Å². The van der Waals surface area contributed by atoms with E-state index in [0.717, 1.165) is 38.3 Å². The van der Waals surface area contributed by atoms with Crippen LogP contribution in [0.15, 0.2) is 60.7 Å². The van der Waals surface area contributed by atoms with Gasteiger partial charge in [0.25, 0.3) is 0 Å². The van der Waals surface area contributed by atoms with Gasteiger partial charge in [0.15, 0.2) is 0 Å². The maximum absolute atomic E-state index is 11.2. The molecule has 0 spiro atoms. The molecule has 140 valence electrons. The number of nitrogens with zero attached hydrogens (tertiary/aromatic N) is 1. The van der Waals surface area contributed by atoms with Crippen molar-refractivity contribution in [1.82, 2.24) is 4.90 Å². The third kappa shape index (κ3) is 4.68. The van der Waals surface area contributed by atoms with Crippen molar-refractivity contribution < 1.29 is 5.11 Å². The molecule has 2 aromatic rings. The molecule has 1 heterocycles. The number of hydrogen-bond donors (Lipinski definition) is 1. The summed E-state index contributed by atoms with van der Waals surface area (Å²) in [5, 5.41) is 11.2. The van der Waals surface area contributed by atoms with Crippen LogP contribution in [0.1, 0.15) is 36.8 Å². The molecular weight excluding hydrogens is 342 g/mol. The molecule has 1 saturated heterocycles. The van der Waals surface area contributed by atoms with E-state index >= 15 is 0 Å². The van der Waals surface area contributed by atoms with Crippen LogP contribution in [-0.2, 0) is 13.0 Å². The number of halogens is 1. The Morgan fingerprint density at radius 3 is 2.23 bits per heavy atom. The highest BCUT2D eigenvalue weighted by atomic mass is 35.5. The lowest BCUT2D eigenvalue weighted by Gasteiger charge is -2.47. The summed E-state index contributed by atoms with van der Waals surface area (Å²) in [6, 6.07) is 21.3. The standard InChI is InChI=1S/C23H29NO.ClH/c25-23(15-19-7-3-1-4-8-19)13-11-22-18-24(14-12-21(22)16-23)17-20-9-5-2-6-10-20;/h1-10,21-22,25H,11-18H2;1H. The number of hydrogen-bond acceptors (Lipinski definition) is 2. The summed E-state index contributed by atoms with van der Waals surface area (Å²) < 4.78 is 0. The van der Waals surface area contributed by atoms with Crippen molar-refractivity contribution in [2.24, 2.45) is 11.8 Å². The second-order valence-electron chi connectivity index (χ2n) is 8.16. The molecule has 2 fully saturated rings. The summed E-state index contributed by atoms with van der Waals surface area (Å²) in [6.07, 6.45) is 5.13. The normalized spacial score (nSPS) is 28.8. The highest BCUT2D eigenvalue weighted by molar-refractivity contribution is 5.85. The van der Waals surface area contributed by atoms with Crippen LogP contribution >= 0.6 is 12.4 Å². The molecule has 0 radical (unpaired) electrons. The molecule has 3 unspecified atom stereocenters. The minimum atomic E-state index is -0.496. The molecule has 3 atom stereocenters. The highest BCUT2D eigenvalue weighted by Crippen LogP contribution is 2.42. The summed E-state index contributed by atoms with van der Waals surface area (Å²) in [5.41, 5.74) is 2.19. The van der Waals surface area contributed by atoms with Crippen LogP contribution in [0.2, 0.25) is 0 Å². The molecule has 2 nitrogen and oxygen atoms in total. The van der Waals surface area contributed by atoms with Gasteiger partial charge in [-0.25, -0.2) is 0 Å². The van der Waals surface area contributed by atoms with Gasteiger partial charge in [0.05, 0.1) is 5.60 Å². The SMILES string of the molecule is Cl.OC1(Cc2ccccc2)CCC2CN(Cc3ccccc3)CCC2C1. The van der Waals surface area contributed by atoms with Crippen LogP contribution in [0.25, 0.3) is 0 Å². The van der Waals surface area contributed by atoms with Crippen molar-refractivity contribution in [1.29, 1.82) is 0 Å². The van der Waals surface area contributed by atoms with Crippen molar-refractivity contribution >= 4 is 12.4 Å². The first-order valence-corrected chi connectivity index (χ1v) is 9.73. The Morgan fingerprint density at radius 1 is 0.885 bits per heavy atom. The second kappa shape index (κ2) is 8.56. The van der Waals surface area contributed by atoms with Crippen molar-refractivity contribution in [2.45, 2.75) is 44.2 Å². The van der Waals surface area contributed by atoms with E-state index < -0.39 is 5.60 Å². The Labute approximate surface area is 163 Å². The number of likely N-dealkylation sites (tertiary alicyclic amines) is 1. The summed E-state index contributed by atoms with van der Waals surface area (Å²) in [5.74, 6) is 1.45. The minimum Gasteiger partial charge on any atom is -0.390 e. The van der Waals surface area contributed by atoms with Crippen molar-refractivity contribution in [2.75, 3.05) is 13.1 Å². The Morgan fingerprint density at radius 2 is 1.54 bits per heavy atom. The molecule has 1 aliphatic carbocycles. The van der Waals surface area contributed by atoms with Gasteiger partial charge in [-0.2, -0.15) is 0 Å². The van der Waals surface area contributed by atoms with Crippen LogP contribution in [-0.4, -0.2) is 28.7 Å². The Kier molecular flexibility index (Phi) is 6.39. The zero-order valence-corrected chi connectivity index (χ0v) is 16.2. The lowest BCUT2D eigenvalue weighted by Crippen LogP contribution is -2.48. The Balaban J connectivity index is 0.00000196. The molecule has 0 amide bonds. The van der Waals surface area contributed by atoms with Crippen LogP contribution < -0.4 is 0 Å². The third-order valence-corrected chi connectivity index (χ3v) is 6.22. The van der Waals surface area contributed by atoms with E-state index in [4.69, 9.17) is 0 Å². The zero-order valence-electron chi connectivity index (χ0n) is 15.4. The van der Waals surface area contributed by atoms with E-state index in [1.165, 1.54) is 30.5 Å². The predicted molar refractivity (Wildman–Crippen MR) is 110 cm³/mol. The summed E-state index contributed by atoms with van der Waals surface area (Å²) >= 11 is 0. The zero-order chi connectivity index (χ0) is 17.1. The molecule has 1 saturated carbocycles. The molecule has 4 rings (SSSR count). The van der Waals surface area contributed by atoms with Gasteiger partial charge in [-0.3, -0.25) is 4.90 Å². The third-order valence-electron chi connectivity index (χ3n) is 6.22. The van der Waals surface area contributed by atoms with Gasteiger partial charge in [-0.1, -0.05) is 60.7 Å². The summed E-state index contributed by atoms with van der Waals surface area (Å²) in [4.78, 5) is 2.61. The minimum absolute atomic E-state index is 0. The van der Waals surface area contributed by atoms with Gasteiger partial charge < -0.3 is 5.11 Å². The topological polar surface area (TPSA) is 23.5 Å². The number of piperidine rings is 1. The molecule has 1 aliphatic heterocycles. The molecule has 26 heavy (non-hydrogen) atoms. The van der Waals surface area contributed by atoms with Gasteiger partial charge in [0, 0.05) is 19.5 Å². The number of benzene rings is 2. The predicted octanol–water partition coefficient (Wildman–Crippen LogP) is 4.70. The fourth-order valence-electron chi connectivity index (χ4n) is 4.92. The fourth-order valence-corrected chi connectivity index (χ4v) is 4.92. The van der Waals surface area contributed by atoms with Gasteiger partial charge >= 0.3 is 0 Å². The van der Waals surface area contributed by atoms with E-state index in [1.54, 1.807) is 0 Å². The van der Waals surface area contributed by atoms with Gasteiger partial charge in [-0.05, 0) is 55.2 Å². The smallest absolute Gasteiger partial charge is 0.0690 e. The molecule has 0 aromatic heterocycles. The quantitative estimate of drug-likeness (QED) is 0.841. The fraction of sp³-hybridized carbons (Fsp3) is 0.478. The molecule has 2 aromatic carbocycles. The molecule has 2 aliphatic rings. The largest absolute Gasteiger partial charge is 0.390 e. The monoisotopic (exact) mass is 371 g/mol. The van der Waals surface area contributed by atoms with E-state index in [9.17, 15) is 5.11 Å². The second-order valence-corrected chi connectivity index (χ2v) is 8.16. The first-order valence-electron chi connectivity index (χ1n) is 9.73. The van der Waals surface area contributed by atoms with Gasteiger partial charge in [-0.15, -0.1) is 12.4 Å². The van der Waals surface area contributed by atoms with E-state index in [2.05, 4.69) is 59.5 Å². The van der Waals surface area contributed by atoms with E-state index in [0.29, 0.717) is 5.92 Å². The molecular formula is C23H30ClNO. The van der Waals surface area contributed by atoms with Crippen LogP contribution in [0.4, 0.5) is 0 Å². The molecule has 3 heteroatoms. The number of aliphatic hydroxyl groups is 1. The number of rotatable bonds is 4. The maximum atomic E-state index is 11.2. The van der Waals surface area contributed by atoms with Crippen molar-refractivity contribution in [3.63, 3.8) is 0 Å². The van der Waals surface area contributed by atoms with Gasteiger partial charge in [0.2, 0.25) is 0 Å². The lowest BCUT2D eigenvalue weighted by molar-refractivity contribution is -0.0564. The van der Waals surface area contributed by atoms with Crippen LogP contribution in [0.5, 0.6) is 0 Å². The Bertz CT molecular complexity index is 677. The van der Waals surface area contributed by atoms with Crippen LogP contribution in [0.3, 0.4) is 0 Å². The highest BCUT2D eigenvalue weighted by Gasteiger charge is 2.41. The van der Waals surface area contributed by atoms with E-state index in [-0.39, 0.29) is 12.4 Å². The van der Waals surface area contributed by atoms with Crippen molar-refractivity contribution in [3.8, 4) is 0 Å². The average molecular weight is 372 g/mol.